The fourth-order valence-corrected chi connectivity index (χ4v) is 1.73. The van der Waals surface area contributed by atoms with Crippen molar-refractivity contribution in [3.63, 3.8) is 0 Å². The number of amides is 1. The van der Waals surface area contributed by atoms with E-state index in [-0.39, 0.29) is 10.9 Å². The molecule has 1 aromatic carbocycles. The summed E-state index contributed by atoms with van der Waals surface area (Å²) in [6, 6.07) is 7.52. The Kier molecular flexibility index (Phi) is 3.81. The first-order valence-electron chi connectivity index (χ1n) is 5.94. The second-order valence-corrected chi connectivity index (χ2v) is 4.84. The number of ether oxygens (including phenoxy) is 1. The monoisotopic (exact) mass is 264 g/mol. The Morgan fingerprint density at radius 1 is 1.50 bits per heavy atom. The van der Waals surface area contributed by atoms with Crippen molar-refractivity contribution in [2.24, 2.45) is 5.73 Å². The molecule has 0 saturated heterocycles. The largest absolute Gasteiger partial charge is 0.480 e. The molecule has 1 saturated carbocycles. The summed E-state index contributed by atoms with van der Waals surface area (Å²) in [6.45, 7) is 1.72. The van der Waals surface area contributed by atoms with Crippen molar-refractivity contribution in [3.05, 3.63) is 29.8 Å². The van der Waals surface area contributed by atoms with Crippen LogP contribution >= 0.6 is 12.2 Å². The maximum Gasteiger partial charge on any atom is 0.260 e. The molecule has 1 aliphatic rings. The smallest absolute Gasteiger partial charge is 0.260 e. The first-order valence-corrected chi connectivity index (χ1v) is 6.34. The molecule has 18 heavy (non-hydrogen) atoms. The highest BCUT2D eigenvalue weighted by molar-refractivity contribution is 7.80. The minimum atomic E-state index is -0.555. The molecule has 0 aromatic heterocycles. The Morgan fingerprint density at radius 2 is 2.17 bits per heavy atom. The molecule has 1 fully saturated rings. The summed E-state index contributed by atoms with van der Waals surface area (Å²) in [5.41, 5.74) is 6.26. The molecular formula is C13H16N2O2S. The van der Waals surface area contributed by atoms with Gasteiger partial charge in [0, 0.05) is 6.04 Å². The SMILES string of the molecule is CC(Oc1ccccc1C(N)=S)C(=O)NC1CC1. The fourth-order valence-electron chi connectivity index (χ4n) is 1.56. The Balaban J connectivity index is 2.03. The van der Waals surface area contributed by atoms with Gasteiger partial charge < -0.3 is 15.8 Å². The standard InChI is InChI=1S/C13H16N2O2S/c1-8(13(16)15-9-6-7-9)17-11-5-3-2-4-10(11)12(14)18/h2-5,8-9H,6-7H2,1H3,(H2,14,18)(H,15,16). The number of carbonyl (C=O) groups excluding carboxylic acids is 1. The molecule has 1 amide bonds. The normalized spacial score (nSPS) is 15.8. The highest BCUT2D eigenvalue weighted by atomic mass is 32.1. The number of nitrogens with one attached hydrogen (secondary N) is 1. The Hall–Kier alpha value is -1.62. The van der Waals surface area contributed by atoms with Crippen molar-refractivity contribution in [3.8, 4) is 5.75 Å². The number of hydrogen-bond donors (Lipinski definition) is 2. The minimum absolute atomic E-state index is 0.102. The van der Waals surface area contributed by atoms with Gasteiger partial charge in [0.15, 0.2) is 6.10 Å². The van der Waals surface area contributed by atoms with Crippen molar-refractivity contribution in [1.29, 1.82) is 0 Å². The summed E-state index contributed by atoms with van der Waals surface area (Å²) in [5, 5.41) is 2.89. The fraction of sp³-hybridized carbons (Fsp3) is 0.385. The average Bonchev–Trinajstić information content (AvgIpc) is 3.13. The zero-order valence-electron chi connectivity index (χ0n) is 10.2. The second-order valence-electron chi connectivity index (χ2n) is 4.40. The average molecular weight is 264 g/mol. The lowest BCUT2D eigenvalue weighted by Gasteiger charge is -2.16. The maximum absolute atomic E-state index is 11.8. The van der Waals surface area contributed by atoms with Gasteiger partial charge in [-0.05, 0) is 31.9 Å². The van der Waals surface area contributed by atoms with Crippen LogP contribution in [-0.4, -0.2) is 23.0 Å². The van der Waals surface area contributed by atoms with E-state index < -0.39 is 6.10 Å². The molecule has 96 valence electrons. The van der Waals surface area contributed by atoms with Gasteiger partial charge in [-0.25, -0.2) is 0 Å². The Bertz CT molecular complexity index is 472. The van der Waals surface area contributed by atoms with Crippen LogP contribution in [0.4, 0.5) is 0 Å². The number of nitrogens with two attached hydrogens (primary N) is 1. The lowest BCUT2D eigenvalue weighted by atomic mass is 10.2. The van der Waals surface area contributed by atoms with E-state index in [0.717, 1.165) is 12.8 Å². The van der Waals surface area contributed by atoms with Gasteiger partial charge in [0.05, 0.1) is 5.56 Å². The predicted molar refractivity (Wildman–Crippen MR) is 73.6 cm³/mol. The molecule has 1 aliphatic carbocycles. The number of rotatable bonds is 5. The van der Waals surface area contributed by atoms with Gasteiger partial charge in [-0.1, -0.05) is 24.4 Å². The summed E-state index contributed by atoms with van der Waals surface area (Å²) < 4.78 is 5.62. The quantitative estimate of drug-likeness (QED) is 0.788. The van der Waals surface area contributed by atoms with E-state index in [1.165, 1.54) is 0 Å². The zero-order valence-corrected chi connectivity index (χ0v) is 11.0. The molecule has 0 radical (unpaired) electrons. The van der Waals surface area contributed by atoms with E-state index in [1.54, 1.807) is 19.1 Å². The number of para-hydroxylation sites is 1. The van der Waals surface area contributed by atoms with Gasteiger partial charge in [-0.3, -0.25) is 4.79 Å². The molecule has 1 unspecified atom stereocenters. The van der Waals surface area contributed by atoms with E-state index in [1.807, 2.05) is 12.1 Å². The third-order valence-electron chi connectivity index (χ3n) is 2.75. The second kappa shape index (κ2) is 5.35. The summed E-state index contributed by atoms with van der Waals surface area (Å²) in [7, 11) is 0. The Labute approximate surface area is 112 Å². The highest BCUT2D eigenvalue weighted by Crippen LogP contribution is 2.21. The van der Waals surface area contributed by atoms with Gasteiger partial charge in [0.2, 0.25) is 0 Å². The van der Waals surface area contributed by atoms with Crippen molar-refractivity contribution in [2.45, 2.75) is 31.9 Å². The molecule has 2 rings (SSSR count). The molecule has 3 N–H and O–H groups in total. The van der Waals surface area contributed by atoms with Gasteiger partial charge in [0.1, 0.15) is 10.7 Å². The molecule has 0 heterocycles. The lowest BCUT2D eigenvalue weighted by Crippen LogP contribution is -2.37. The summed E-state index contributed by atoms with van der Waals surface area (Å²) >= 11 is 4.95. The first-order chi connectivity index (χ1) is 8.58. The van der Waals surface area contributed by atoms with E-state index in [9.17, 15) is 4.79 Å². The molecule has 0 bridgehead atoms. The van der Waals surface area contributed by atoms with E-state index in [0.29, 0.717) is 17.4 Å². The summed E-state index contributed by atoms with van der Waals surface area (Å²) in [4.78, 5) is 12.0. The molecule has 0 aliphatic heterocycles. The van der Waals surface area contributed by atoms with Gasteiger partial charge in [-0.2, -0.15) is 0 Å². The van der Waals surface area contributed by atoms with Gasteiger partial charge in [0.25, 0.3) is 5.91 Å². The lowest BCUT2D eigenvalue weighted by molar-refractivity contribution is -0.127. The van der Waals surface area contributed by atoms with Crippen LogP contribution in [0.2, 0.25) is 0 Å². The topological polar surface area (TPSA) is 64.3 Å². The summed E-state index contributed by atoms with van der Waals surface area (Å²) in [6.07, 6.45) is 1.56. The van der Waals surface area contributed by atoms with Gasteiger partial charge >= 0.3 is 0 Å². The van der Waals surface area contributed by atoms with Crippen molar-refractivity contribution in [2.75, 3.05) is 0 Å². The van der Waals surface area contributed by atoms with Crippen molar-refractivity contribution < 1.29 is 9.53 Å². The molecule has 0 spiro atoms. The maximum atomic E-state index is 11.8. The predicted octanol–water partition coefficient (Wildman–Crippen LogP) is 1.37. The van der Waals surface area contributed by atoms with Crippen LogP contribution in [0.3, 0.4) is 0 Å². The van der Waals surface area contributed by atoms with Crippen LogP contribution < -0.4 is 15.8 Å². The van der Waals surface area contributed by atoms with Crippen molar-refractivity contribution >= 4 is 23.1 Å². The van der Waals surface area contributed by atoms with E-state index in [4.69, 9.17) is 22.7 Å². The molecular weight excluding hydrogens is 248 g/mol. The zero-order chi connectivity index (χ0) is 13.1. The molecule has 4 nitrogen and oxygen atoms in total. The van der Waals surface area contributed by atoms with Crippen LogP contribution in [0.15, 0.2) is 24.3 Å². The third kappa shape index (κ3) is 3.20. The van der Waals surface area contributed by atoms with Crippen LogP contribution in [0.25, 0.3) is 0 Å². The van der Waals surface area contributed by atoms with E-state index in [2.05, 4.69) is 5.32 Å². The van der Waals surface area contributed by atoms with Crippen LogP contribution in [0.1, 0.15) is 25.3 Å². The molecule has 1 aromatic rings. The summed E-state index contributed by atoms with van der Waals surface area (Å²) in [5.74, 6) is 0.443. The Morgan fingerprint density at radius 3 is 2.78 bits per heavy atom. The van der Waals surface area contributed by atoms with Crippen LogP contribution in [0, 0.1) is 0 Å². The highest BCUT2D eigenvalue weighted by Gasteiger charge is 2.26. The van der Waals surface area contributed by atoms with Crippen molar-refractivity contribution in [1.82, 2.24) is 5.32 Å². The first kappa shape index (κ1) is 12.8. The van der Waals surface area contributed by atoms with E-state index >= 15 is 0 Å². The number of carbonyl (C=O) groups is 1. The third-order valence-corrected chi connectivity index (χ3v) is 2.97. The van der Waals surface area contributed by atoms with Gasteiger partial charge in [-0.15, -0.1) is 0 Å². The van der Waals surface area contributed by atoms with Crippen LogP contribution in [-0.2, 0) is 4.79 Å². The number of thiocarbonyl (C=S) groups is 1. The van der Waals surface area contributed by atoms with Crippen LogP contribution in [0.5, 0.6) is 5.75 Å². The minimum Gasteiger partial charge on any atom is -0.480 e. The molecule has 5 heteroatoms. The molecule has 1 atom stereocenters. The number of benzene rings is 1. The number of hydrogen-bond acceptors (Lipinski definition) is 3.